The average molecular weight is 541 g/mol. The fourth-order valence-corrected chi connectivity index (χ4v) is 4.69. The van der Waals surface area contributed by atoms with Gasteiger partial charge in [-0.05, 0) is 50.0 Å². The second-order valence-electron chi connectivity index (χ2n) is 9.42. The predicted octanol–water partition coefficient (Wildman–Crippen LogP) is 3.61. The van der Waals surface area contributed by atoms with Gasteiger partial charge in [0.05, 0.1) is 13.2 Å². The number of carbonyl (C=O) groups is 3. The minimum Gasteiger partial charge on any atom is -0.493 e. The van der Waals surface area contributed by atoms with Crippen LogP contribution in [0, 0.1) is 11.8 Å². The molecule has 0 unspecified atom stereocenters. The number of thioether (sulfide) groups is 1. The second kappa shape index (κ2) is 15.7. The van der Waals surface area contributed by atoms with Crippen LogP contribution in [0.15, 0.2) is 12.3 Å². The van der Waals surface area contributed by atoms with E-state index in [0.717, 1.165) is 18.6 Å². The molecule has 11 heteroatoms. The number of nitrogens with one attached hydrogen (secondary N) is 1. The van der Waals surface area contributed by atoms with Crippen molar-refractivity contribution >= 4 is 29.6 Å². The van der Waals surface area contributed by atoms with Crippen molar-refractivity contribution in [3.05, 3.63) is 18.0 Å². The van der Waals surface area contributed by atoms with Gasteiger partial charge in [-0.25, -0.2) is 9.78 Å². The Balaban J connectivity index is 2.20. The molecule has 4 atom stereocenters. The summed E-state index contributed by atoms with van der Waals surface area (Å²) in [7, 11) is 1.41. The summed E-state index contributed by atoms with van der Waals surface area (Å²) < 4.78 is 27.6. The first kappa shape index (κ1) is 30.7. The van der Waals surface area contributed by atoms with E-state index in [0.29, 0.717) is 25.4 Å². The minimum absolute atomic E-state index is 0.00725. The van der Waals surface area contributed by atoms with Crippen molar-refractivity contribution in [1.82, 2.24) is 10.3 Å². The van der Waals surface area contributed by atoms with E-state index in [1.807, 2.05) is 6.92 Å². The van der Waals surface area contributed by atoms with Crippen molar-refractivity contribution in [3.63, 3.8) is 0 Å². The molecule has 2 heterocycles. The van der Waals surface area contributed by atoms with Gasteiger partial charge < -0.3 is 29.0 Å². The number of rotatable bonds is 12. The lowest BCUT2D eigenvalue weighted by atomic mass is 9.90. The SMILES string of the molecule is COc1ccnc(C(=O)N[C@H]2CCC[C@H](CCSC)[C@@H](OCC(C)C)[C@H](C)OC2=O)c1OCOC(C)=O. The topological polar surface area (TPSA) is 122 Å². The van der Waals surface area contributed by atoms with Crippen LogP contribution in [0.3, 0.4) is 0 Å². The number of methoxy groups -OCH3 is 1. The molecule has 1 aliphatic heterocycles. The monoisotopic (exact) mass is 540 g/mol. The third-order valence-electron chi connectivity index (χ3n) is 5.97. The van der Waals surface area contributed by atoms with E-state index in [9.17, 15) is 14.4 Å². The van der Waals surface area contributed by atoms with Crippen molar-refractivity contribution in [2.24, 2.45) is 11.8 Å². The molecule has 1 aliphatic rings. The molecule has 0 aromatic carbocycles. The van der Waals surface area contributed by atoms with Gasteiger partial charge in [-0.1, -0.05) is 20.3 Å². The molecule has 208 valence electrons. The Morgan fingerprint density at radius 1 is 1.30 bits per heavy atom. The third kappa shape index (κ3) is 9.70. The van der Waals surface area contributed by atoms with Crippen molar-refractivity contribution < 1.29 is 38.1 Å². The van der Waals surface area contributed by atoms with Gasteiger partial charge in [-0.2, -0.15) is 11.8 Å². The highest BCUT2D eigenvalue weighted by molar-refractivity contribution is 7.98. The summed E-state index contributed by atoms with van der Waals surface area (Å²) in [4.78, 5) is 41.6. The van der Waals surface area contributed by atoms with E-state index in [1.165, 1.54) is 26.3 Å². The van der Waals surface area contributed by atoms with Gasteiger partial charge in [0.15, 0.2) is 17.2 Å². The number of carbonyl (C=O) groups excluding carboxylic acids is 3. The van der Waals surface area contributed by atoms with Crippen molar-refractivity contribution in [2.75, 3.05) is 32.5 Å². The number of amides is 1. The maximum absolute atomic E-state index is 13.2. The Morgan fingerprint density at radius 2 is 2.05 bits per heavy atom. The number of ether oxygens (including phenoxy) is 5. The number of hydrogen-bond acceptors (Lipinski definition) is 10. The lowest BCUT2D eigenvalue weighted by Gasteiger charge is -2.31. The van der Waals surface area contributed by atoms with Crippen LogP contribution in [0.2, 0.25) is 0 Å². The lowest BCUT2D eigenvalue weighted by molar-refractivity contribution is -0.161. The average Bonchev–Trinajstić information content (AvgIpc) is 2.89. The Kier molecular flexibility index (Phi) is 13.0. The summed E-state index contributed by atoms with van der Waals surface area (Å²) in [6.45, 7) is 7.43. The normalized spacial score (nSPS) is 22.3. The van der Waals surface area contributed by atoms with Gasteiger partial charge >= 0.3 is 11.9 Å². The Labute approximate surface area is 223 Å². The van der Waals surface area contributed by atoms with Gasteiger partial charge in [0.25, 0.3) is 5.91 Å². The molecule has 1 aromatic heterocycles. The summed E-state index contributed by atoms with van der Waals surface area (Å²) in [6.07, 6.45) is 5.73. The van der Waals surface area contributed by atoms with Crippen LogP contribution in [-0.4, -0.2) is 73.6 Å². The van der Waals surface area contributed by atoms with Crippen molar-refractivity contribution in [2.45, 2.75) is 71.6 Å². The van der Waals surface area contributed by atoms with Crippen LogP contribution < -0.4 is 14.8 Å². The van der Waals surface area contributed by atoms with Gasteiger partial charge in [0.1, 0.15) is 12.1 Å². The molecule has 1 saturated heterocycles. The van der Waals surface area contributed by atoms with Crippen LogP contribution in [0.4, 0.5) is 0 Å². The van der Waals surface area contributed by atoms with E-state index in [4.69, 9.17) is 23.7 Å². The fourth-order valence-electron chi connectivity index (χ4n) is 4.16. The molecule has 0 aliphatic carbocycles. The summed E-state index contributed by atoms with van der Waals surface area (Å²) in [5, 5.41) is 2.75. The van der Waals surface area contributed by atoms with Crippen molar-refractivity contribution in [1.29, 1.82) is 0 Å². The number of cyclic esters (lactones) is 1. The van der Waals surface area contributed by atoms with Crippen LogP contribution >= 0.6 is 11.8 Å². The molecule has 0 bridgehead atoms. The maximum Gasteiger partial charge on any atom is 0.329 e. The van der Waals surface area contributed by atoms with Crippen LogP contribution in [-0.2, 0) is 23.8 Å². The zero-order valence-corrected chi connectivity index (χ0v) is 23.4. The largest absolute Gasteiger partial charge is 0.493 e. The summed E-state index contributed by atoms with van der Waals surface area (Å²) in [6, 6.07) is 0.649. The molecule has 1 amide bonds. The van der Waals surface area contributed by atoms with E-state index >= 15 is 0 Å². The molecular weight excluding hydrogens is 500 g/mol. The Morgan fingerprint density at radius 3 is 2.70 bits per heavy atom. The molecule has 2 rings (SSSR count). The predicted molar refractivity (Wildman–Crippen MR) is 140 cm³/mol. The molecule has 37 heavy (non-hydrogen) atoms. The second-order valence-corrected chi connectivity index (χ2v) is 10.4. The van der Waals surface area contributed by atoms with Crippen LogP contribution in [0.1, 0.15) is 63.9 Å². The number of nitrogens with zero attached hydrogens (tertiary/aromatic N) is 1. The molecule has 1 N–H and O–H groups in total. The first-order valence-corrected chi connectivity index (χ1v) is 14.0. The van der Waals surface area contributed by atoms with E-state index in [-0.39, 0.29) is 29.2 Å². The number of hydrogen-bond donors (Lipinski definition) is 1. The highest BCUT2D eigenvalue weighted by Gasteiger charge is 2.35. The van der Waals surface area contributed by atoms with Gasteiger partial charge in [0.2, 0.25) is 6.79 Å². The Hall–Kier alpha value is -2.53. The molecule has 0 saturated carbocycles. The molecule has 10 nitrogen and oxygen atoms in total. The zero-order valence-electron chi connectivity index (χ0n) is 22.6. The van der Waals surface area contributed by atoms with Gasteiger partial charge in [-0.15, -0.1) is 0 Å². The van der Waals surface area contributed by atoms with E-state index in [2.05, 4.69) is 30.4 Å². The lowest BCUT2D eigenvalue weighted by Crippen LogP contribution is -2.44. The van der Waals surface area contributed by atoms with E-state index in [1.54, 1.807) is 11.8 Å². The first-order valence-electron chi connectivity index (χ1n) is 12.6. The van der Waals surface area contributed by atoms with Crippen molar-refractivity contribution in [3.8, 4) is 11.5 Å². The Bertz CT molecular complexity index is 897. The quantitative estimate of drug-likeness (QED) is 0.311. The molecular formula is C26H40N2O8S. The minimum atomic E-state index is -0.866. The third-order valence-corrected chi connectivity index (χ3v) is 6.61. The maximum atomic E-state index is 13.2. The standard InChI is InChI=1S/C26H40N2O8S/c1-16(2)14-33-23-17(3)36-26(31)20(9-7-8-19(23)11-13-37-6)28-25(30)22-24(35-15-34-18(4)29)21(32-5)10-12-27-22/h10,12,16-17,19-20,23H,7-9,11,13-15H2,1-6H3,(H,28,30)/t17-,19+,20-,23-/m0/s1. The first-order chi connectivity index (χ1) is 17.7. The number of pyridine rings is 1. The van der Waals surface area contributed by atoms with Crippen LogP contribution in [0.5, 0.6) is 11.5 Å². The zero-order chi connectivity index (χ0) is 27.4. The molecule has 0 spiro atoms. The highest BCUT2D eigenvalue weighted by Crippen LogP contribution is 2.31. The summed E-state index contributed by atoms with van der Waals surface area (Å²) >= 11 is 1.78. The van der Waals surface area contributed by atoms with E-state index < -0.39 is 36.8 Å². The fraction of sp³-hybridized carbons (Fsp3) is 0.692. The molecule has 1 aromatic rings. The summed E-state index contributed by atoms with van der Waals surface area (Å²) in [5.41, 5.74) is -0.0942. The summed E-state index contributed by atoms with van der Waals surface area (Å²) in [5.74, 6) is 0.147. The van der Waals surface area contributed by atoms with Crippen LogP contribution in [0.25, 0.3) is 0 Å². The molecule has 1 fully saturated rings. The number of aromatic nitrogens is 1. The smallest absolute Gasteiger partial charge is 0.329 e. The van der Waals surface area contributed by atoms with Gasteiger partial charge in [0, 0.05) is 25.8 Å². The van der Waals surface area contributed by atoms with Gasteiger partial charge in [-0.3, -0.25) is 9.59 Å². The molecule has 0 radical (unpaired) electrons. The highest BCUT2D eigenvalue weighted by atomic mass is 32.2. The number of esters is 2.